The zero-order valence-electron chi connectivity index (χ0n) is 14.9. The fraction of sp³-hybridized carbons (Fsp3) is 0.350. The molecule has 1 aromatic heterocycles. The molecule has 0 aliphatic carbocycles. The van der Waals surface area contributed by atoms with Gasteiger partial charge in [-0.15, -0.1) is 0 Å². The van der Waals surface area contributed by atoms with Gasteiger partial charge in [0.05, 0.1) is 0 Å². The Morgan fingerprint density at radius 3 is 2.62 bits per heavy atom. The second kappa shape index (κ2) is 10.6. The van der Waals surface area contributed by atoms with Crippen molar-refractivity contribution in [3.05, 3.63) is 64.4 Å². The van der Waals surface area contributed by atoms with Gasteiger partial charge in [-0.25, -0.2) is 0 Å². The molecule has 0 fully saturated rings. The van der Waals surface area contributed by atoms with Gasteiger partial charge in [-0.05, 0) is 42.7 Å². The summed E-state index contributed by atoms with van der Waals surface area (Å²) < 4.78 is 0. The van der Waals surface area contributed by atoms with Gasteiger partial charge in [0.15, 0.2) is 0 Å². The van der Waals surface area contributed by atoms with Crippen molar-refractivity contribution in [2.45, 2.75) is 32.6 Å². The molecule has 0 unspecified atom stereocenters. The van der Waals surface area contributed by atoms with Crippen LogP contribution >= 0.6 is 11.6 Å². The highest BCUT2D eigenvalue weighted by atomic mass is 35.5. The average molecular weight is 374 g/mol. The Morgan fingerprint density at radius 2 is 1.85 bits per heavy atom. The Balaban J connectivity index is 1.85. The predicted molar refractivity (Wildman–Crippen MR) is 104 cm³/mol. The predicted octanol–water partition coefficient (Wildman–Crippen LogP) is 3.63. The van der Waals surface area contributed by atoms with Gasteiger partial charge in [-0.2, -0.15) is 0 Å². The van der Waals surface area contributed by atoms with Crippen LogP contribution in [0.5, 0.6) is 0 Å². The maximum Gasteiger partial charge on any atom is 0.269 e. The highest BCUT2D eigenvalue weighted by molar-refractivity contribution is 6.30. The van der Waals surface area contributed by atoms with E-state index < -0.39 is 0 Å². The number of pyridine rings is 1. The van der Waals surface area contributed by atoms with Crippen molar-refractivity contribution in [2.75, 3.05) is 13.1 Å². The molecule has 0 bridgehead atoms. The summed E-state index contributed by atoms with van der Waals surface area (Å²) in [5.41, 5.74) is 1.73. The first-order valence-electron chi connectivity index (χ1n) is 8.87. The first-order chi connectivity index (χ1) is 12.6. The van der Waals surface area contributed by atoms with Gasteiger partial charge in [-0.3, -0.25) is 14.6 Å². The van der Waals surface area contributed by atoms with Crippen molar-refractivity contribution in [2.24, 2.45) is 0 Å². The summed E-state index contributed by atoms with van der Waals surface area (Å²) in [5.74, 6) is -0.482. The van der Waals surface area contributed by atoms with Crippen LogP contribution in [0.2, 0.25) is 5.02 Å². The molecule has 0 aliphatic heterocycles. The van der Waals surface area contributed by atoms with Gasteiger partial charge in [0, 0.05) is 29.9 Å². The van der Waals surface area contributed by atoms with E-state index in [2.05, 4.69) is 22.5 Å². The van der Waals surface area contributed by atoms with Crippen LogP contribution in [-0.2, 0) is 6.42 Å². The lowest BCUT2D eigenvalue weighted by molar-refractivity contribution is 0.0948. The van der Waals surface area contributed by atoms with E-state index >= 15 is 0 Å². The van der Waals surface area contributed by atoms with E-state index in [4.69, 9.17) is 11.6 Å². The van der Waals surface area contributed by atoms with Crippen LogP contribution in [0.15, 0.2) is 42.6 Å². The third-order valence-electron chi connectivity index (χ3n) is 3.91. The number of halogens is 1. The summed E-state index contributed by atoms with van der Waals surface area (Å²) in [6.45, 7) is 3.21. The summed E-state index contributed by atoms with van der Waals surface area (Å²) in [6.07, 6.45) is 5.27. The largest absolute Gasteiger partial charge is 0.352 e. The van der Waals surface area contributed by atoms with Gasteiger partial charge in [0.1, 0.15) is 5.69 Å². The Bertz CT molecular complexity index is 749. The number of unbranched alkanes of at least 4 members (excludes halogenated alkanes) is 2. The van der Waals surface area contributed by atoms with Crippen molar-refractivity contribution in [1.82, 2.24) is 15.6 Å². The number of hydrogen-bond donors (Lipinski definition) is 2. The number of rotatable bonds is 9. The number of nitrogens with zero attached hydrogens (tertiary/aromatic N) is 1. The van der Waals surface area contributed by atoms with E-state index in [1.807, 2.05) is 24.3 Å². The SMILES string of the molecule is CCCCCNC(=O)c1cc(C(=O)NCCc2cccc(Cl)c2)ccn1. The van der Waals surface area contributed by atoms with Crippen LogP contribution < -0.4 is 10.6 Å². The molecule has 6 heteroatoms. The molecule has 0 spiro atoms. The smallest absolute Gasteiger partial charge is 0.269 e. The molecule has 2 aromatic rings. The first kappa shape index (κ1) is 19.9. The lowest BCUT2D eigenvalue weighted by Gasteiger charge is -2.08. The number of nitrogens with one attached hydrogen (secondary N) is 2. The van der Waals surface area contributed by atoms with Crippen LogP contribution in [0.25, 0.3) is 0 Å². The number of aromatic nitrogens is 1. The summed E-state index contributed by atoms with van der Waals surface area (Å²) in [5, 5.41) is 6.35. The summed E-state index contributed by atoms with van der Waals surface area (Å²) in [7, 11) is 0. The molecule has 138 valence electrons. The topological polar surface area (TPSA) is 71.1 Å². The maximum atomic E-state index is 12.3. The molecule has 0 saturated heterocycles. The van der Waals surface area contributed by atoms with E-state index in [-0.39, 0.29) is 17.5 Å². The second-order valence-corrected chi connectivity index (χ2v) is 6.47. The van der Waals surface area contributed by atoms with Crippen molar-refractivity contribution in [1.29, 1.82) is 0 Å². The Kier molecular flexibility index (Phi) is 8.09. The quantitative estimate of drug-likeness (QED) is 0.659. The van der Waals surface area contributed by atoms with Gasteiger partial charge in [-0.1, -0.05) is 43.5 Å². The number of amides is 2. The molecular formula is C20H24ClN3O2. The van der Waals surface area contributed by atoms with Crippen LogP contribution in [0.4, 0.5) is 0 Å². The second-order valence-electron chi connectivity index (χ2n) is 6.03. The van der Waals surface area contributed by atoms with Gasteiger partial charge < -0.3 is 10.6 Å². The fourth-order valence-corrected chi connectivity index (χ4v) is 2.69. The third-order valence-corrected chi connectivity index (χ3v) is 4.14. The molecule has 2 amide bonds. The van der Waals surface area contributed by atoms with E-state index in [9.17, 15) is 9.59 Å². The summed E-state index contributed by atoms with van der Waals surface area (Å²) in [6, 6.07) is 10.7. The highest BCUT2D eigenvalue weighted by Crippen LogP contribution is 2.10. The minimum Gasteiger partial charge on any atom is -0.352 e. The molecule has 0 saturated carbocycles. The van der Waals surface area contributed by atoms with Crippen LogP contribution in [0.1, 0.15) is 52.6 Å². The molecule has 26 heavy (non-hydrogen) atoms. The zero-order chi connectivity index (χ0) is 18.8. The molecule has 1 heterocycles. The van der Waals surface area contributed by atoms with E-state index in [0.29, 0.717) is 30.1 Å². The van der Waals surface area contributed by atoms with Crippen molar-refractivity contribution >= 4 is 23.4 Å². The molecule has 2 rings (SSSR count). The number of carbonyl (C=O) groups excluding carboxylic acids is 2. The molecule has 0 aliphatic rings. The molecule has 0 radical (unpaired) electrons. The lowest BCUT2D eigenvalue weighted by Crippen LogP contribution is -2.28. The van der Waals surface area contributed by atoms with Gasteiger partial charge in [0.25, 0.3) is 11.8 Å². The molecule has 1 aromatic carbocycles. The summed E-state index contributed by atoms with van der Waals surface area (Å²) >= 11 is 5.95. The Hall–Kier alpha value is -2.40. The molecule has 2 N–H and O–H groups in total. The maximum absolute atomic E-state index is 12.3. The Labute approximate surface area is 159 Å². The molecule has 0 atom stereocenters. The third kappa shape index (κ3) is 6.48. The standard InChI is InChI=1S/C20H24ClN3O2/c1-2-3-4-10-23-20(26)18-14-16(9-12-22-18)19(25)24-11-8-15-6-5-7-17(21)13-15/h5-7,9,12-14H,2-4,8,10-11H2,1H3,(H,23,26)(H,24,25). The first-order valence-corrected chi connectivity index (χ1v) is 9.25. The zero-order valence-corrected chi connectivity index (χ0v) is 15.7. The minimum atomic E-state index is -0.255. The van der Waals surface area contributed by atoms with Crippen molar-refractivity contribution < 1.29 is 9.59 Å². The van der Waals surface area contributed by atoms with Gasteiger partial charge >= 0.3 is 0 Å². The molecule has 5 nitrogen and oxygen atoms in total. The normalized spacial score (nSPS) is 10.4. The summed E-state index contributed by atoms with van der Waals surface area (Å²) in [4.78, 5) is 28.4. The van der Waals surface area contributed by atoms with E-state index in [1.54, 1.807) is 6.07 Å². The molecular weight excluding hydrogens is 350 g/mol. The monoisotopic (exact) mass is 373 g/mol. The highest BCUT2D eigenvalue weighted by Gasteiger charge is 2.11. The van der Waals surface area contributed by atoms with E-state index in [1.165, 1.54) is 12.3 Å². The number of benzene rings is 1. The van der Waals surface area contributed by atoms with Crippen molar-refractivity contribution in [3.8, 4) is 0 Å². The van der Waals surface area contributed by atoms with E-state index in [0.717, 1.165) is 24.8 Å². The Morgan fingerprint density at radius 1 is 1.04 bits per heavy atom. The minimum absolute atomic E-state index is 0.227. The van der Waals surface area contributed by atoms with Crippen LogP contribution in [-0.4, -0.2) is 29.9 Å². The van der Waals surface area contributed by atoms with Crippen molar-refractivity contribution in [3.63, 3.8) is 0 Å². The number of hydrogen-bond acceptors (Lipinski definition) is 3. The number of carbonyl (C=O) groups is 2. The van der Waals surface area contributed by atoms with Crippen LogP contribution in [0.3, 0.4) is 0 Å². The van der Waals surface area contributed by atoms with Crippen LogP contribution in [0, 0.1) is 0 Å². The lowest BCUT2D eigenvalue weighted by atomic mass is 10.1. The van der Waals surface area contributed by atoms with Gasteiger partial charge in [0.2, 0.25) is 0 Å². The fourth-order valence-electron chi connectivity index (χ4n) is 2.48. The average Bonchev–Trinajstić information content (AvgIpc) is 2.65.